The highest BCUT2D eigenvalue weighted by molar-refractivity contribution is 7.84. The molecule has 0 bridgehead atoms. The second kappa shape index (κ2) is 6.72. The number of imide groups is 1. The van der Waals surface area contributed by atoms with E-state index in [9.17, 15) is 13.8 Å². The van der Waals surface area contributed by atoms with Gasteiger partial charge in [0.2, 0.25) is 17.0 Å². The van der Waals surface area contributed by atoms with Gasteiger partial charge in [-0.3, -0.25) is 19.1 Å². The molecule has 4 rings (SSSR count). The van der Waals surface area contributed by atoms with E-state index in [2.05, 4.69) is 25.7 Å². The molecule has 1 aliphatic rings. The van der Waals surface area contributed by atoms with Crippen LogP contribution in [0.15, 0.2) is 47.3 Å². The van der Waals surface area contributed by atoms with Crippen LogP contribution in [0.5, 0.6) is 0 Å². The van der Waals surface area contributed by atoms with E-state index in [-0.39, 0.29) is 17.5 Å². The SMILES string of the molecule is CS(=O)c1nc(Nc2ccccc2)n2ncc(C=C3CC(=O)NC3=O)c2n1. The van der Waals surface area contributed by atoms with Crippen molar-refractivity contribution in [1.29, 1.82) is 0 Å². The number of carbonyl (C=O) groups is 2. The first kappa shape index (κ1) is 17.0. The van der Waals surface area contributed by atoms with Crippen LogP contribution in [0, 0.1) is 0 Å². The largest absolute Gasteiger partial charge is 0.324 e. The number of benzene rings is 1. The Morgan fingerprint density at radius 2 is 2.00 bits per heavy atom. The van der Waals surface area contributed by atoms with Crippen LogP contribution in [0.2, 0.25) is 0 Å². The summed E-state index contributed by atoms with van der Waals surface area (Å²) in [7, 11) is -1.42. The van der Waals surface area contributed by atoms with E-state index in [1.807, 2.05) is 30.3 Å². The zero-order valence-corrected chi connectivity index (χ0v) is 15.0. The van der Waals surface area contributed by atoms with Gasteiger partial charge in [0.25, 0.3) is 5.91 Å². The summed E-state index contributed by atoms with van der Waals surface area (Å²) in [6.45, 7) is 0. The number of carbonyl (C=O) groups excluding carboxylic acids is 2. The molecule has 10 heteroatoms. The summed E-state index contributed by atoms with van der Waals surface area (Å²) < 4.78 is 13.4. The molecule has 2 N–H and O–H groups in total. The third-order valence-corrected chi connectivity index (χ3v) is 4.58. The number of hydrogen-bond acceptors (Lipinski definition) is 7. The lowest BCUT2D eigenvalue weighted by Gasteiger charge is -2.08. The van der Waals surface area contributed by atoms with Crippen molar-refractivity contribution in [2.75, 3.05) is 11.6 Å². The Hall–Kier alpha value is -3.40. The third-order valence-electron chi connectivity index (χ3n) is 3.89. The Kier molecular flexibility index (Phi) is 4.24. The monoisotopic (exact) mass is 382 g/mol. The van der Waals surface area contributed by atoms with Crippen molar-refractivity contribution in [3.63, 3.8) is 0 Å². The normalized spacial score (nSPS) is 16.7. The van der Waals surface area contributed by atoms with Crippen LogP contribution in [-0.2, 0) is 20.4 Å². The molecule has 3 heterocycles. The molecule has 2 amide bonds. The fourth-order valence-electron chi connectivity index (χ4n) is 2.65. The van der Waals surface area contributed by atoms with Gasteiger partial charge in [0, 0.05) is 23.1 Å². The van der Waals surface area contributed by atoms with Gasteiger partial charge in [-0.25, -0.2) is 0 Å². The molecule has 2 aromatic heterocycles. The zero-order valence-electron chi connectivity index (χ0n) is 14.2. The minimum atomic E-state index is -1.42. The lowest BCUT2D eigenvalue weighted by Crippen LogP contribution is -2.19. The molecular formula is C17H14N6O3S. The van der Waals surface area contributed by atoms with E-state index in [0.717, 1.165) is 5.69 Å². The summed E-state index contributed by atoms with van der Waals surface area (Å²) in [4.78, 5) is 31.8. The number of rotatable bonds is 4. The number of aromatic nitrogens is 4. The van der Waals surface area contributed by atoms with Crippen LogP contribution in [0.3, 0.4) is 0 Å². The average Bonchev–Trinajstić information content (AvgIpc) is 3.19. The van der Waals surface area contributed by atoms with E-state index in [1.165, 1.54) is 17.0 Å². The number of nitrogens with zero attached hydrogens (tertiary/aromatic N) is 4. The van der Waals surface area contributed by atoms with Crippen LogP contribution < -0.4 is 10.6 Å². The van der Waals surface area contributed by atoms with Gasteiger partial charge in [0.15, 0.2) is 5.65 Å². The van der Waals surface area contributed by atoms with Gasteiger partial charge in [-0.1, -0.05) is 18.2 Å². The first-order valence-corrected chi connectivity index (χ1v) is 9.53. The lowest BCUT2D eigenvalue weighted by molar-refractivity contribution is -0.124. The maximum absolute atomic E-state index is 12.0. The van der Waals surface area contributed by atoms with Gasteiger partial charge in [-0.05, 0) is 18.2 Å². The maximum atomic E-state index is 12.0. The van der Waals surface area contributed by atoms with Gasteiger partial charge in [0.1, 0.15) is 0 Å². The first-order valence-electron chi connectivity index (χ1n) is 7.97. The minimum Gasteiger partial charge on any atom is -0.324 e. The van der Waals surface area contributed by atoms with Crippen molar-refractivity contribution < 1.29 is 13.8 Å². The molecule has 1 atom stereocenters. The van der Waals surface area contributed by atoms with E-state index >= 15 is 0 Å². The van der Waals surface area contributed by atoms with Gasteiger partial charge in [-0.15, -0.1) is 0 Å². The van der Waals surface area contributed by atoms with Crippen LogP contribution >= 0.6 is 0 Å². The van der Waals surface area contributed by atoms with Crippen molar-refractivity contribution in [1.82, 2.24) is 24.9 Å². The van der Waals surface area contributed by atoms with Crippen molar-refractivity contribution in [3.8, 4) is 0 Å². The van der Waals surface area contributed by atoms with Crippen LogP contribution in [-0.4, -0.2) is 41.9 Å². The van der Waals surface area contributed by atoms with Crippen molar-refractivity contribution in [2.24, 2.45) is 0 Å². The molecule has 3 aromatic rings. The molecule has 0 saturated carbocycles. The smallest absolute Gasteiger partial charge is 0.254 e. The predicted molar refractivity (Wildman–Crippen MR) is 98.6 cm³/mol. The Bertz CT molecular complexity index is 1120. The van der Waals surface area contributed by atoms with Crippen LogP contribution in [0.1, 0.15) is 12.0 Å². The predicted octanol–water partition coefficient (Wildman–Crippen LogP) is 1.04. The highest BCUT2D eigenvalue weighted by atomic mass is 32.2. The van der Waals surface area contributed by atoms with Gasteiger partial charge < -0.3 is 5.32 Å². The first-order chi connectivity index (χ1) is 13.0. The molecule has 1 aromatic carbocycles. The molecule has 1 fully saturated rings. The van der Waals surface area contributed by atoms with Crippen molar-refractivity contribution in [3.05, 3.63) is 47.7 Å². The molecule has 9 nitrogen and oxygen atoms in total. The number of nitrogens with one attached hydrogen (secondary N) is 2. The van der Waals surface area contributed by atoms with Gasteiger partial charge in [-0.2, -0.15) is 19.6 Å². The summed E-state index contributed by atoms with van der Waals surface area (Å²) in [5, 5.41) is 9.76. The molecule has 136 valence electrons. The topological polar surface area (TPSA) is 118 Å². The zero-order chi connectivity index (χ0) is 19.0. The quantitative estimate of drug-likeness (QED) is 0.511. The van der Waals surface area contributed by atoms with E-state index < -0.39 is 16.7 Å². The Morgan fingerprint density at radius 1 is 1.22 bits per heavy atom. The third kappa shape index (κ3) is 3.34. The fraction of sp³-hybridized carbons (Fsp3) is 0.118. The van der Waals surface area contributed by atoms with Crippen molar-refractivity contribution >= 4 is 46.0 Å². The van der Waals surface area contributed by atoms with Crippen LogP contribution in [0.4, 0.5) is 11.6 Å². The second-order valence-corrected chi connectivity index (χ2v) is 7.11. The van der Waals surface area contributed by atoms with Crippen LogP contribution in [0.25, 0.3) is 11.7 Å². The summed E-state index contributed by atoms with van der Waals surface area (Å²) in [6.07, 6.45) is 4.56. The highest BCUT2D eigenvalue weighted by Gasteiger charge is 2.24. The summed E-state index contributed by atoms with van der Waals surface area (Å²) in [6, 6.07) is 9.34. The lowest BCUT2D eigenvalue weighted by atomic mass is 10.1. The standard InChI is InChI=1S/C17H14N6O3S/c1-27(26)17-21-14-11(7-10-8-13(24)20-15(10)25)9-18-23(14)16(22-17)19-12-5-3-2-4-6-12/h2-7,9H,8H2,1H3,(H,19,21,22)(H,20,24,25). The summed E-state index contributed by atoms with van der Waals surface area (Å²) in [5.74, 6) is -0.442. The number of hydrogen-bond donors (Lipinski definition) is 2. The summed E-state index contributed by atoms with van der Waals surface area (Å²) in [5.41, 5.74) is 2.01. The number of amides is 2. The Labute approximate surface area is 156 Å². The average molecular weight is 382 g/mol. The molecule has 27 heavy (non-hydrogen) atoms. The minimum absolute atomic E-state index is 0.00292. The molecule has 1 unspecified atom stereocenters. The number of fused-ring (bicyclic) bond motifs is 1. The molecule has 0 aliphatic carbocycles. The van der Waals surface area contributed by atoms with Gasteiger partial charge >= 0.3 is 0 Å². The Morgan fingerprint density at radius 3 is 2.67 bits per heavy atom. The second-order valence-electron chi connectivity index (χ2n) is 5.83. The van der Waals surface area contributed by atoms with E-state index in [4.69, 9.17) is 0 Å². The summed E-state index contributed by atoms with van der Waals surface area (Å²) >= 11 is 0. The molecule has 0 spiro atoms. The molecule has 0 radical (unpaired) electrons. The molecular weight excluding hydrogens is 368 g/mol. The van der Waals surface area contributed by atoms with E-state index in [1.54, 1.807) is 6.08 Å². The van der Waals surface area contributed by atoms with E-state index in [0.29, 0.717) is 22.7 Å². The molecule has 1 saturated heterocycles. The van der Waals surface area contributed by atoms with Gasteiger partial charge in [0.05, 0.1) is 23.4 Å². The highest BCUT2D eigenvalue weighted by Crippen LogP contribution is 2.22. The number of para-hydroxylation sites is 1. The van der Waals surface area contributed by atoms with Crippen molar-refractivity contribution in [2.45, 2.75) is 11.6 Å². The maximum Gasteiger partial charge on any atom is 0.254 e. The molecule has 1 aliphatic heterocycles. The number of anilines is 2. The fourth-order valence-corrected chi connectivity index (χ4v) is 3.08. The Balaban J connectivity index is 1.84.